The van der Waals surface area contributed by atoms with Gasteiger partial charge < -0.3 is 137 Å². The molecule has 0 radical (unpaired) electrons. The van der Waals surface area contributed by atoms with E-state index in [0.29, 0.717) is 323 Å². The first kappa shape index (κ1) is 120. The monoisotopic (exact) mass is 1780 g/mol. The van der Waals surface area contributed by atoms with Crippen LogP contribution < -0.4 is 0 Å². The maximum Gasteiger partial charge on any atom is 0.305 e. The molecular formula is C92H178O31. The van der Waals surface area contributed by atoms with Crippen LogP contribution in [0.4, 0.5) is 0 Å². The highest BCUT2D eigenvalue weighted by atomic mass is 16.6. The molecule has 0 amide bonds. The van der Waals surface area contributed by atoms with Gasteiger partial charge in [-0.2, -0.15) is 0 Å². The number of ether oxygens (including phenoxy) is 29. The fraction of sp³-hybridized carbons (Fsp3) is 0.935. The molecule has 0 fully saturated rings. The lowest BCUT2D eigenvalue weighted by atomic mass is 10.1. The molecule has 123 heavy (non-hydrogen) atoms. The largest absolute Gasteiger partial charge is 0.463 e. The van der Waals surface area contributed by atoms with Gasteiger partial charge in [0, 0.05) is 27.1 Å². The molecule has 732 valence electrons. The Hall–Kier alpha value is -2.66. The van der Waals surface area contributed by atoms with Gasteiger partial charge in [0.25, 0.3) is 0 Å². The molecular weight excluding hydrogens is 1600 g/mol. The van der Waals surface area contributed by atoms with Gasteiger partial charge in [0.05, 0.1) is 330 Å². The second-order valence-electron chi connectivity index (χ2n) is 29.0. The first-order chi connectivity index (χ1) is 61.1. The summed E-state index contributed by atoms with van der Waals surface area (Å²) in [5.74, 6) is -0.604. The third kappa shape index (κ3) is 108. The van der Waals surface area contributed by atoms with Crippen molar-refractivity contribution in [1.29, 1.82) is 0 Å². The van der Waals surface area contributed by atoms with Gasteiger partial charge in [0.1, 0.15) is 25.4 Å². The van der Waals surface area contributed by atoms with Crippen LogP contribution in [0.5, 0.6) is 0 Å². The summed E-state index contributed by atoms with van der Waals surface area (Å²) in [5.41, 5.74) is 0. The number of carbonyl (C=O) groups is 2. The highest BCUT2D eigenvalue weighted by Crippen LogP contribution is 2.14. The van der Waals surface area contributed by atoms with E-state index in [1.165, 1.54) is 89.9 Å². The fourth-order valence-corrected chi connectivity index (χ4v) is 11.2. The lowest BCUT2D eigenvalue weighted by molar-refractivity contribution is -0.159. The van der Waals surface area contributed by atoms with Crippen molar-refractivity contribution >= 4 is 11.9 Å². The number of allylic oxidation sites excluding steroid dienone is 4. The highest BCUT2D eigenvalue weighted by molar-refractivity contribution is 5.69. The number of methoxy groups -OCH3 is 2. The van der Waals surface area contributed by atoms with Gasteiger partial charge in [-0.15, -0.1) is 0 Å². The van der Waals surface area contributed by atoms with Crippen LogP contribution in [-0.2, 0) is 147 Å². The number of rotatable bonds is 112. The predicted octanol–water partition coefficient (Wildman–Crippen LogP) is 12.6. The van der Waals surface area contributed by atoms with Crippen molar-refractivity contribution in [2.45, 2.75) is 206 Å². The SMILES string of the molecule is CCCCCCCC/C=C/CCCCCCCC(=O)OCC(COC(=O)CCCCCCC/C=C/CCCCCCCC)OCC(COCCOCCOCCOCCOCCOCCOCCOCCOCCOCCOCCOCCOC)OCCOCCOCCOCCOCCOCCOCCOCCOCCOCCOCCOCCOC. The standard InChI is InChI=1S/C92H178O31/c1-5-7-9-11-13-15-17-19-21-23-25-27-29-31-33-35-91(93)122-87-90(88-123-92(94)36-34-32-30-28-26-24-22-20-18-16-14-12-10-8-6-2)121-86-89(120-84-83-118-80-79-116-76-75-114-72-71-112-68-67-110-64-63-108-60-58-106-56-54-104-52-50-102-48-46-100-44-42-98-40-38-96-4)85-119-82-81-117-78-77-115-74-73-113-70-69-111-66-65-109-62-61-107-59-57-105-55-53-103-51-49-101-47-45-99-43-41-97-39-37-95-3/h19-22,89-90H,5-18,23-88H2,1-4H3/b21-19+,22-20+. The molecule has 0 aromatic rings. The van der Waals surface area contributed by atoms with Crippen molar-refractivity contribution in [3.8, 4) is 0 Å². The van der Waals surface area contributed by atoms with Gasteiger partial charge in [-0.3, -0.25) is 9.59 Å². The van der Waals surface area contributed by atoms with E-state index in [1.54, 1.807) is 14.2 Å². The number of esters is 2. The normalized spacial score (nSPS) is 12.2. The third-order valence-corrected chi connectivity index (χ3v) is 18.2. The molecule has 0 bridgehead atoms. The molecule has 0 heterocycles. The van der Waals surface area contributed by atoms with E-state index in [9.17, 15) is 9.59 Å². The van der Waals surface area contributed by atoms with Crippen LogP contribution in [0.15, 0.2) is 24.3 Å². The van der Waals surface area contributed by atoms with Gasteiger partial charge in [-0.1, -0.05) is 141 Å². The van der Waals surface area contributed by atoms with E-state index in [4.69, 9.17) is 137 Å². The molecule has 0 aliphatic carbocycles. The Kier molecular flexibility index (Phi) is 109. The summed E-state index contributed by atoms with van der Waals surface area (Å²) >= 11 is 0. The van der Waals surface area contributed by atoms with Gasteiger partial charge in [-0.25, -0.2) is 0 Å². The van der Waals surface area contributed by atoms with Crippen molar-refractivity contribution in [2.24, 2.45) is 0 Å². The highest BCUT2D eigenvalue weighted by Gasteiger charge is 2.20. The summed E-state index contributed by atoms with van der Waals surface area (Å²) in [6.07, 6.45) is 39.2. The second-order valence-corrected chi connectivity index (χ2v) is 29.0. The molecule has 0 saturated carbocycles. The molecule has 0 aliphatic heterocycles. The summed E-state index contributed by atoms with van der Waals surface area (Å²) < 4.78 is 163. The predicted molar refractivity (Wildman–Crippen MR) is 473 cm³/mol. The van der Waals surface area contributed by atoms with Crippen LogP contribution in [0.1, 0.15) is 194 Å². The average molecular weight is 1780 g/mol. The summed E-state index contributed by atoms with van der Waals surface area (Å²) in [5, 5.41) is 0. The van der Waals surface area contributed by atoms with Gasteiger partial charge in [0.2, 0.25) is 0 Å². The minimum absolute atomic E-state index is 0.0680. The van der Waals surface area contributed by atoms with Crippen LogP contribution in [0.3, 0.4) is 0 Å². The lowest BCUT2D eigenvalue weighted by Crippen LogP contribution is -2.34. The molecule has 1 atom stereocenters. The first-order valence-corrected chi connectivity index (χ1v) is 47.2. The Morgan fingerprint density at radius 3 is 0.585 bits per heavy atom. The quantitative estimate of drug-likeness (QED) is 0.0310. The molecule has 0 N–H and O–H groups in total. The Balaban J connectivity index is 4.85. The van der Waals surface area contributed by atoms with E-state index in [-0.39, 0.29) is 45.0 Å². The Labute approximate surface area is 743 Å². The van der Waals surface area contributed by atoms with Crippen molar-refractivity contribution in [3.05, 3.63) is 24.3 Å². The molecule has 0 spiro atoms. The number of unbranched alkanes of at least 4 members (excludes halogenated alkanes) is 22. The molecule has 0 aliphatic rings. The van der Waals surface area contributed by atoms with E-state index in [0.717, 1.165) is 77.0 Å². The first-order valence-electron chi connectivity index (χ1n) is 47.2. The van der Waals surface area contributed by atoms with Crippen LogP contribution >= 0.6 is 0 Å². The van der Waals surface area contributed by atoms with E-state index < -0.39 is 12.2 Å². The smallest absolute Gasteiger partial charge is 0.305 e. The van der Waals surface area contributed by atoms with E-state index in [2.05, 4.69) is 38.2 Å². The number of hydrogen-bond acceptors (Lipinski definition) is 31. The Bertz CT molecular complexity index is 1960. The Morgan fingerprint density at radius 2 is 0.366 bits per heavy atom. The Morgan fingerprint density at radius 1 is 0.187 bits per heavy atom. The molecule has 31 heteroatoms. The van der Waals surface area contributed by atoms with Crippen molar-refractivity contribution in [3.63, 3.8) is 0 Å². The van der Waals surface area contributed by atoms with Crippen molar-refractivity contribution in [1.82, 2.24) is 0 Å². The summed E-state index contributed by atoms with van der Waals surface area (Å²) in [6.45, 7) is 26.6. The fourth-order valence-electron chi connectivity index (χ4n) is 11.2. The van der Waals surface area contributed by atoms with Crippen LogP contribution in [0.2, 0.25) is 0 Å². The molecule has 0 rings (SSSR count). The van der Waals surface area contributed by atoms with E-state index in [1.807, 2.05) is 0 Å². The molecule has 31 nitrogen and oxygen atoms in total. The zero-order chi connectivity index (χ0) is 88.2. The zero-order valence-corrected chi connectivity index (χ0v) is 77.7. The van der Waals surface area contributed by atoms with Crippen molar-refractivity contribution < 1.29 is 147 Å². The zero-order valence-electron chi connectivity index (χ0n) is 77.7. The molecule has 1 unspecified atom stereocenters. The summed E-state index contributed by atoms with van der Waals surface area (Å²) in [4.78, 5) is 26.3. The summed E-state index contributed by atoms with van der Waals surface area (Å²) in [6, 6.07) is 0. The van der Waals surface area contributed by atoms with Gasteiger partial charge >= 0.3 is 11.9 Å². The van der Waals surface area contributed by atoms with Gasteiger partial charge in [0.15, 0.2) is 0 Å². The second kappa shape index (κ2) is 112. The molecule has 0 aromatic heterocycles. The minimum Gasteiger partial charge on any atom is -0.463 e. The molecule has 0 aromatic carbocycles. The lowest BCUT2D eigenvalue weighted by Gasteiger charge is -2.23. The van der Waals surface area contributed by atoms with Crippen LogP contribution in [0, 0.1) is 0 Å². The third-order valence-electron chi connectivity index (χ3n) is 18.2. The topological polar surface area (TPSA) is 302 Å². The van der Waals surface area contributed by atoms with Crippen LogP contribution in [-0.4, -0.2) is 382 Å². The maximum absolute atomic E-state index is 13.1. The van der Waals surface area contributed by atoms with Crippen molar-refractivity contribution in [2.75, 3.05) is 358 Å². The number of carbonyl (C=O) groups excluding carboxylic acids is 2. The van der Waals surface area contributed by atoms with Crippen LogP contribution in [0.25, 0.3) is 0 Å². The maximum atomic E-state index is 13.1. The minimum atomic E-state index is -0.720. The average Bonchev–Trinajstić information content (AvgIpc) is 0.940. The molecule has 0 saturated heterocycles. The summed E-state index contributed by atoms with van der Waals surface area (Å²) in [7, 11) is 3.29. The van der Waals surface area contributed by atoms with E-state index >= 15 is 0 Å². The number of hydrogen-bond donors (Lipinski definition) is 0. The van der Waals surface area contributed by atoms with Gasteiger partial charge in [-0.05, 0) is 64.2 Å².